The zero-order valence-corrected chi connectivity index (χ0v) is 19.5. The van der Waals surface area contributed by atoms with E-state index in [2.05, 4.69) is 5.32 Å². The van der Waals surface area contributed by atoms with E-state index in [1.54, 1.807) is 24.3 Å². The lowest BCUT2D eigenvalue weighted by Crippen LogP contribution is -2.40. The summed E-state index contributed by atoms with van der Waals surface area (Å²) in [5.41, 5.74) is 2.24. The van der Waals surface area contributed by atoms with Crippen LogP contribution in [0.4, 0.5) is 5.69 Å². The maximum Gasteiger partial charge on any atom is 0.264 e. The minimum Gasteiger partial charge on any atom is -0.494 e. The average molecular weight is 473 g/mol. The molecular formula is C24H25ClN2O4S. The Morgan fingerprint density at radius 1 is 1.03 bits per heavy atom. The molecule has 0 aliphatic heterocycles. The summed E-state index contributed by atoms with van der Waals surface area (Å²) in [6, 6.07) is 20.2. The third-order valence-corrected chi connectivity index (χ3v) is 6.75. The van der Waals surface area contributed by atoms with Crippen molar-refractivity contribution in [3.05, 3.63) is 88.9 Å². The van der Waals surface area contributed by atoms with E-state index in [0.29, 0.717) is 23.1 Å². The molecule has 0 aliphatic rings. The molecule has 32 heavy (non-hydrogen) atoms. The van der Waals surface area contributed by atoms with Gasteiger partial charge in [0.25, 0.3) is 10.0 Å². The molecule has 0 saturated carbocycles. The number of anilines is 1. The van der Waals surface area contributed by atoms with E-state index in [0.717, 1.165) is 15.4 Å². The highest BCUT2D eigenvalue weighted by Gasteiger charge is 2.27. The molecule has 8 heteroatoms. The van der Waals surface area contributed by atoms with Gasteiger partial charge in [0.05, 0.1) is 17.2 Å². The van der Waals surface area contributed by atoms with Crippen LogP contribution in [-0.2, 0) is 21.4 Å². The van der Waals surface area contributed by atoms with Crippen LogP contribution in [0.15, 0.2) is 77.7 Å². The molecule has 0 saturated heterocycles. The van der Waals surface area contributed by atoms with Crippen molar-refractivity contribution < 1.29 is 17.9 Å². The smallest absolute Gasteiger partial charge is 0.264 e. The Kier molecular flexibility index (Phi) is 7.77. The topological polar surface area (TPSA) is 75.7 Å². The normalized spacial score (nSPS) is 11.1. The van der Waals surface area contributed by atoms with Gasteiger partial charge in [0, 0.05) is 11.6 Å². The second-order valence-corrected chi connectivity index (χ2v) is 9.46. The van der Waals surface area contributed by atoms with E-state index in [9.17, 15) is 13.2 Å². The van der Waals surface area contributed by atoms with Gasteiger partial charge >= 0.3 is 0 Å². The summed E-state index contributed by atoms with van der Waals surface area (Å²) in [5.74, 6) is 0.288. The van der Waals surface area contributed by atoms with Crippen molar-refractivity contribution in [1.82, 2.24) is 5.32 Å². The van der Waals surface area contributed by atoms with Gasteiger partial charge < -0.3 is 10.1 Å². The second-order valence-electron chi connectivity index (χ2n) is 7.16. The molecule has 6 nitrogen and oxygen atoms in total. The van der Waals surface area contributed by atoms with E-state index < -0.39 is 15.9 Å². The average Bonchev–Trinajstić information content (AvgIpc) is 2.77. The van der Waals surface area contributed by atoms with Gasteiger partial charge in [-0.25, -0.2) is 8.42 Å². The summed E-state index contributed by atoms with van der Waals surface area (Å²) >= 11 is 5.91. The van der Waals surface area contributed by atoms with Crippen molar-refractivity contribution in [2.45, 2.75) is 25.3 Å². The monoisotopic (exact) mass is 472 g/mol. The molecule has 0 atom stereocenters. The number of carbonyl (C=O) groups is 1. The zero-order valence-electron chi connectivity index (χ0n) is 17.9. The second kappa shape index (κ2) is 10.5. The molecule has 3 aromatic carbocycles. The molecule has 0 bridgehead atoms. The third kappa shape index (κ3) is 6.02. The van der Waals surface area contributed by atoms with Crippen molar-refractivity contribution in [1.29, 1.82) is 0 Å². The summed E-state index contributed by atoms with van der Waals surface area (Å²) in [6.07, 6.45) is 0. The predicted octanol–water partition coefficient (Wildman–Crippen LogP) is 4.56. The summed E-state index contributed by atoms with van der Waals surface area (Å²) in [5, 5.41) is 3.22. The van der Waals surface area contributed by atoms with Gasteiger partial charge in [-0.15, -0.1) is 0 Å². The lowest BCUT2D eigenvalue weighted by molar-refractivity contribution is -0.119. The number of hydrogen-bond acceptors (Lipinski definition) is 4. The number of halogens is 1. The first-order valence-electron chi connectivity index (χ1n) is 10.1. The Labute approximate surface area is 193 Å². The van der Waals surface area contributed by atoms with E-state index >= 15 is 0 Å². The van der Waals surface area contributed by atoms with Crippen molar-refractivity contribution >= 4 is 33.2 Å². The molecule has 168 valence electrons. The van der Waals surface area contributed by atoms with Crippen LogP contribution in [0.25, 0.3) is 0 Å². The number of aryl methyl sites for hydroxylation is 1. The summed E-state index contributed by atoms with van der Waals surface area (Å²) < 4.78 is 33.3. The first-order chi connectivity index (χ1) is 15.3. The number of hydrogen-bond donors (Lipinski definition) is 1. The minimum atomic E-state index is -3.98. The largest absolute Gasteiger partial charge is 0.494 e. The molecule has 0 spiro atoms. The standard InChI is InChI=1S/C24H25ClN2O4S/c1-3-31-22-6-4-5-19(15-22)16-26-24(28)17-27(21-11-7-18(2)8-12-21)32(29,30)23-13-9-20(25)10-14-23/h4-15H,3,16-17H2,1-2H3,(H,26,28). The quantitative estimate of drug-likeness (QED) is 0.495. The van der Waals surface area contributed by atoms with Gasteiger partial charge in [0.2, 0.25) is 5.91 Å². The lowest BCUT2D eigenvalue weighted by atomic mass is 10.2. The maximum absolute atomic E-state index is 13.3. The lowest BCUT2D eigenvalue weighted by Gasteiger charge is -2.24. The van der Waals surface area contributed by atoms with E-state index in [1.165, 1.54) is 24.3 Å². The number of nitrogens with one attached hydrogen (secondary N) is 1. The summed E-state index contributed by atoms with van der Waals surface area (Å²) in [4.78, 5) is 12.8. The molecule has 0 heterocycles. The van der Waals surface area contributed by atoms with E-state index in [4.69, 9.17) is 16.3 Å². The van der Waals surface area contributed by atoms with Gasteiger partial charge in [-0.05, 0) is 67.9 Å². The highest BCUT2D eigenvalue weighted by Crippen LogP contribution is 2.25. The minimum absolute atomic E-state index is 0.0553. The Balaban J connectivity index is 1.81. The predicted molar refractivity (Wildman–Crippen MR) is 127 cm³/mol. The van der Waals surface area contributed by atoms with Crippen LogP contribution in [0.2, 0.25) is 5.02 Å². The highest BCUT2D eigenvalue weighted by molar-refractivity contribution is 7.92. The van der Waals surface area contributed by atoms with Crippen molar-refractivity contribution in [2.24, 2.45) is 0 Å². The fourth-order valence-corrected chi connectivity index (χ4v) is 4.61. The first kappa shape index (κ1) is 23.6. The fourth-order valence-electron chi connectivity index (χ4n) is 3.06. The molecule has 0 unspecified atom stereocenters. The van der Waals surface area contributed by atoms with E-state index in [-0.39, 0.29) is 18.0 Å². The van der Waals surface area contributed by atoms with Crippen molar-refractivity contribution in [3.63, 3.8) is 0 Å². The number of rotatable bonds is 9. The van der Waals surface area contributed by atoms with Crippen LogP contribution in [-0.4, -0.2) is 27.5 Å². The Hall–Kier alpha value is -3.03. The molecule has 3 aromatic rings. The van der Waals surface area contributed by atoms with Crippen molar-refractivity contribution in [3.8, 4) is 5.75 Å². The molecule has 3 rings (SSSR count). The SMILES string of the molecule is CCOc1cccc(CNC(=O)CN(c2ccc(C)cc2)S(=O)(=O)c2ccc(Cl)cc2)c1. The van der Waals surface area contributed by atoms with Crippen LogP contribution in [0, 0.1) is 6.92 Å². The van der Waals surface area contributed by atoms with Crippen LogP contribution < -0.4 is 14.4 Å². The Bertz CT molecular complexity index is 1160. The molecule has 0 aromatic heterocycles. The molecule has 0 fully saturated rings. The molecule has 0 aliphatic carbocycles. The van der Waals surface area contributed by atoms with Crippen LogP contribution in [0.5, 0.6) is 5.75 Å². The van der Waals surface area contributed by atoms with Gasteiger partial charge in [-0.1, -0.05) is 41.4 Å². The Morgan fingerprint density at radius 3 is 2.38 bits per heavy atom. The van der Waals surface area contributed by atoms with Crippen LogP contribution in [0.3, 0.4) is 0 Å². The Morgan fingerprint density at radius 2 is 1.72 bits per heavy atom. The van der Waals surface area contributed by atoms with Crippen LogP contribution >= 0.6 is 11.6 Å². The first-order valence-corrected chi connectivity index (χ1v) is 11.9. The number of carbonyl (C=O) groups excluding carboxylic acids is 1. The van der Waals surface area contributed by atoms with E-state index in [1.807, 2.05) is 38.1 Å². The number of ether oxygens (including phenoxy) is 1. The zero-order chi connectivity index (χ0) is 23.1. The molecule has 1 N–H and O–H groups in total. The van der Waals surface area contributed by atoms with Gasteiger partial charge in [0.1, 0.15) is 12.3 Å². The summed E-state index contributed by atoms with van der Waals surface area (Å²) in [7, 11) is -3.98. The summed E-state index contributed by atoms with van der Waals surface area (Å²) in [6.45, 7) is 4.24. The molecule has 1 amide bonds. The van der Waals surface area contributed by atoms with Crippen molar-refractivity contribution in [2.75, 3.05) is 17.5 Å². The number of sulfonamides is 1. The third-order valence-electron chi connectivity index (χ3n) is 4.71. The number of nitrogens with zero attached hydrogens (tertiary/aromatic N) is 1. The van der Waals surface area contributed by atoms with Gasteiger partial charge in [-0.2, -0.15) is 0 Å². The number of benzene rings is 3. The number of amides is 1. The molecular weight excluding hydrogens is 448 g/mol. The maximum atomic E-state index is 13.3. The molecule has 0 radical (unpaired) electrons. The van der Waals surface area contributed by atoms with Crippen LogP contribution in [0.1, 0.15) is 18.1 Å². The highest BCUT2D eigenvalue weighted by atomic mass is 35.5. The fraction of sp³-hybridized carbons (Fsp3) is 0.208. The van der Waals surface area contributed by atoms with Gasteiger partial charge in [0.15, 0.2) is 0 Å². The van der Waals surface area contributed by atoms with Gasteiger partial charge in [-0.3, -0.25) is 9.10 Å².